The van der Waals surface area contributed by atoms with E-state index in [2.05, 4.69) is 30.9 Å². The highest BCUT2D eigenvalue weighted by atomic mass is 16.6. The third-order valence-electron chi connectivity index (χ3n) is 8.73. The Bertz CT molecular complexity index is 1490. The molecule has 1 amide bonds. The zero-order valence-corrected chi connectivity index (χ0v) is 29.6. The predicted molar refractivity (Wildman–Crippen MR) is 190 cm³/mol. The number of hydrogen-bond acceptors (Lipinski definition) is 9. The molecule has 1 aliphatic rings. The van der Waals surface area contributed by atoms with E-state index in [0.717, 1.165) is 51.2 Å². The van der Waals surface area contributed by atoms with Gasteiger partial charge in [0.15, 0.2) is 0 Å². The molecule has 0 aliphatic carbocycles. The highest BCUT2D eigenvalue weighted by Crippen LogP contribution is 2.22. The van der Waals surface area contributed by atoms with Crippen molar-refractivity contribution in [1.29, 1.82) is 0 Å². The number of benzene rings is 3. The van der Waals surface area contributed by atoms with Crippen LogP contribution in [0.25, 0.3) is 0 Å². The number of ether oxygens (including phenoxy) is 3. The summed E-state index contributed by atoms with van der Waals surface area (Å²) in [6.45, 7) is 10.6. The zero-order chi connectivity index (χ0) is 37.3. The number of rotatable bonds is 15. The summed E-state index contributed by atoms with van der Waals surface area (Å²) < 4.78 is 14.8. The van der Waals surface area contributed by atoms with E-state index in [0.29, 0.717) is 24.3 Å². The van der Waals surface area contributed by atoms with E-state index in [4.69, 9.17) is 14.2 Å². The average Bonchev–Trinajstić information content (AvgIpc) is 3.15. The molecule has 12 nitrogen and oxygen atoms in total. The Morgan fingerprint density at radius 3 is 1.63 bits per heavy atom. The van der Waals surface area contributed by atoms with Crippen molar-refractivity contribution in [3.63, 3.8) is 0 Å². The summed E-state index contributed by atoms with van der Waals surface area (Å²) in [7, 11) is 1.70. The van der Waals surface area contributed by atoms with Gasteiger partial charge >= 0.3 is 23.9 Å². The Morgan fingerprint density at radius 1 is 0.765 bits per heavy atom. The first kappa shape index (κ1) is 40.2. The lowest BCUT2D eigenvalue weighted by Gasteiger charge is -2.36. The second-order valence-electron chi connectivity index (χ2n) is 12.2. The maximum atomic E-state index is 12.0. The fourth-order valence-electron chi connectivity index (χ4n) is 5.77. The molecule has 12 heteroatoms. The number of carboxylic acids is 2. The summed E-state index contributed by atoms with van der Waals surface area (Å²) in [6.07, 6.45) is -0.467. The van der Waals surface area contributed by atoms with E-state index in [1.165, 1.54) is 54.1 Å². The maximum absolute atomic E-state index is 12.0. The smallest absolute Gasteiger partial charge is 0.349 e. The lowest BCUT2D eigenvalue weighted by Crippen LogP contribution is -2.45. The molecular formula is C39H48N2O10. The van der Waals surface area contributed by atoms with Gasteiger partial charge < -0.3 is 34.2 Å². The topological polar surface area (TPSA) is 160 Å². The first-order chi connectivity index (χ1) is 24.5. The highest BCUT2D eigenvalue weighted by Gasteiger charge is 2.41. The molecule has 1 fully saturated rings. The van der Waals surface area contributed by atoms with Gasteiger partial charge in [0.1, 0.15) is 5.75 Å². The number of carboxylic acid groups (broad SMARTS) is 2. The van der Waals surface area contributed by atoms with Gasteiger partial charge in [-0.15, -0.1) is 0 Å². The van der Waals surface area contributed by atoms with Gasteiger partial charge in [-0.1, -0.05) is 62.4 Å². The largest absolute Gasteiger partial charge is 0.497 e. The molecule has 4 rings (SSSR count). The lowest BCUT2D eigenvalue weighted by atomic mass is 9.94. The quantitative estimate of drug-likeness (QED) is 0.200. The van der Waals surface area contributed by atoms with E-state index in [1.54, 1.807) is 19.2 Å². The molecule has 0 saturated carbocycles. The van der Waals surface area contributed by atoms with Crippen LogP contribution in [0.2, 0.25) is 0 Å². The molecule has 274 valence electrons. The van der Waals surface area contributed by atoms with Crippen molar-refractivity contribution in [2.24, 2.45) is 5.92 Å². The van der Waals surface area contributed by atoms with Crippen molar-refractivity contribution < 1.29 is 48.4 Å². The van der Waals surface area contributed by atoms with Crippen LogP contribution < -0.4 is 4.74 Å². The van der Waals surface area contributed by atoms with E-state index in [1.807, 2.05) is 24.0 Å². The van der Waals surface area contributed by atoms with Crippen molar-refractivity contribution in [3.05, 3.63) is 102 Å². The minimum absolute atomic E-state index is 0.0253. The standard InChI is InChI=1S/C21H34N2O2.C18H14O8/c1-5-21(24)23-13-11-19(12-14-23)16-22(6-2)17(3)15-18-7-9-20(25-4)10-8-18;19-15(20)13(25-17(23)11-7-3-1-4-8-11)14(16(21)22)26-18(24)12-9-5-2-6-10-12/h7-10,17,19H,5-6,11-16H2,1-4H3;1-10,13-14H,(H,19,20)(H,21,22)/t;13-,14-/m.1/s1. The molecule has 3 aromatic carbocycles. The van der Waals surface area contributed by atoms with Crippen molar-refractivity contribution >= 4 is 29.8 Å². The lowest BCUT2D eigenvalue weighted by molar-refractivity contribution is -0.166. The van der Waals surface area contributed by atoms with Gasteiger partial charge in [0.05, 0.1) is 18.2 Å². The number of likely N-dealkylation sites (N-methyl/N-ethyl adjacent to an activating group) is 1. The summed E-state index contributed by atoms with van der Waals surface area (Å²) in [5.74, 6) is -3.71. The molecule has 51 heavy (non-hydrogen) atoms. The number of likely N-dealkylation sites (tertiary alicyclic amines) is 1. The Balaban J connectivity index is 0.000000276. The van der Waals surface area contributed by atoms with Crippen LogP contribution in [0.3, 0.4) is 0 Å². The highest BCUT2D eigenvalue weighted by molar-refractivity contribution is 5.95. The molecule has 1 unspecified atom stereocenters. The van der Waals surface area contributed by atoms with Crippen molar-refractivity contribution in [3.8, 4) is 5.75 Å². The molecule has 1 saturated heterocycles. The summed E-state index contributed by atoms with van der Waals surface area (Å²) >= 11 is 0. The van der Waals surface area contributed by atoms with E-state index in [9.17, 15) is 34.2 Å². The Labute approximate surface area is 298 Å². The van der Waals surface area contributed by atoms with E-state index < -0.39 is 36.1 Å². The summed E-state index contributed by atoms with van der Waals surface area (Å²) in [5, 5.41) is 18.5. The van der Waals surface area contributed by atoms with Crippen LogP contribution in [-0.2, 0) is 30.3 Å². The number of piperidine rings is 1. The summed E-state index contributed by atoms with van der Waals surface area (Å²) in [6, 6.07) is 23.8. The monoisotopic (exact) mass is 704 g/mol. The molecule has 0 aromatic heterocycles. The molecule has 0 spiro atoms. The Hall–Kier alpha value is -5.23. The Morgan fingerprint density at radius 2 is 1.24 bits per heavy atom. The first-order valence-corrected chi connectivity index (χ1v) is 17.1. The molecule has 3 aromatic rings. The van der Waals surface area contributed by atoms with Crippen molar-refractivity contribution in [1.82, 2.24) is 9.80 Å². The predicted octanol–water partition coefficient (Wildman–Crippen LogP) is 5.20. The number of carbonyl (C=O) groups excluding carboxylic acids is 3. The molecule has 0 radical (unpaired) electrons. The Kier molecular flexibility index (Phi) is 16.1. The fraction of sp³-hybridized carbons (Fsp3) is 0.410. The third-order valence-corrected chi connectivity index (χ3v) is 8.73. The van der Waals surface area contributed by atoms with Gasteiger partial charge in [-0.25, -0.2) is 19.2 Å². The van der Waals surface area contributed by atoms with Crippen LogP contribution in [0.1, 0.15) is 66.3 Å². The van der Waals surface area contributed by atoms with Gasteiger partial charge in [-0.2, -0.15) is 0 Å². The van der Waals surface area contributed by atoms with E-state index >= 15 is 0 Å². The SMILES string of the molecule is CCC(=O)N1CCC(CN(CC)C(C)Cc2ccc(OC)cc2)CC1.O=C(O[C@@H](C(=O)O)[C@@H](OC(=O)c1ccccc1)C(=O)O)c1ccccc1. The van der Waals surface area contributed by atoms with Crippen LogP contribution in [0, 0.1) is 5.92 Å². The van der Waals surface area contributed by atoms with Gasteiger partial charge in [-0.05, 0) is 80.6 Å². The number of aliphatic carboxylic acids is 2. The number of esters is 2. The van der Waals surface area contributed by atoms with Crippen LogP contribution >= 0.6 is 0 Å². The molecule has 3 atom stereocenters. The molecule has 0 bridgehead atoms. The normalized spacial score (nSPS) is 14.6. The summed E-state index contributed by atoms with van der Waals surface area (Å²) in [5.41, 5.74) is 1.41. The number of nitrogens with zero attached hydrogens (tertiary/aromatic N) is 2. The van der Waals surface area contributed by atoms with Crippen LogP contribution in [0.5, 0.6) is 5.75 Å². The van der Waals surface area contributed by atoms with E-state index in [-0.39, 0.29) is 11.1 Å². The second kappa shape index (κ2) is 20.4. The first-order valence-electron chi connectivity index (χ1n) is 17.1. The minimum atomic E-state index is -2.21. The molecule has 1 heterocycles. The second-order valence-corrected chi connectivity index (χ2v) is 12.2. The number of amides is 1. The van der Waals surface area contributed by atoms with Crippen LogP contribution in [-0.4, -0.2) is 101 Å². The van der Waals surface area contributed by atoms with Gasteiger partial charge in [0.25, 0.3) is 0 Å². The third kappa shape index (κ3) is 12.6. The zero-order valence-electron chi connectivity index (χ0n) is 29.6. The molecule has 1 aliphatic heterocycles. The average molecular weight is 705 g/mol. The molecular weight excluding hydrogens is 656 g/mol. The van der Waals surface area contributed by atoms with Gasteiger partial charge in [-0.3, -0.25) is 4.79 Å². The minimum Gasteiger partial charge on any atom is -0.497 e. The van der Waals surface area contributed by atoms with Gasteiger partial charge in [0, 0.05) is 32.1 Å². The van der Waals surface area contributed by atoms with Crippen LogP contribution in [0.15, 0.2) is 84.9 Å². The fourth-order valence-corrected chi connectivity index (χ4v) is 5.77. The van der Waals surface area contributed by atoms with Crippen LogP contribution in [0.4, 0.5) is 0 Å². The van der Waals surface area contributed by atoms with Crippen molar-refractivity contribution in [2.45, 2.75) is 64.7 Å². The number of carbonyl (C=O) groups is 5. The number of hydrogen-bond donors (Lipinski definition) is 2. The number of methoxy groups -OCH3 is 1. The maximum Gasteiger partial charge on any atom is 0.349 e. The summed E-state index contributed by atoms with van der Waals surface area (Å²) in [4.78, 5) is 63.3. The van der Waals surface area contributed by atoms with Gasteiger partial charge in [0.2, 0.25) is 18.1 Å². The van der Waals surface area contributed by atoms with Crippen molar-refractivity contribution in [2.75, 3.05) is 33.3 Å². The molecule has 2 N–H and O–H groups in total.